The van der Waals surface area contributed by atoms with Crippen molar-refractivity contribution < 1.29 is 38.9 Å². The van der Waals surface area contributed by atoms with Crippen molar-refractivity contribution in [1.29, 1.82) is 0 Å². The zero-order valence-electron chi connectivity index (χ0n) is 22.8. The molecule has 4 aromatic heterocycles. The first-order chi connectivity index (χ1) is 19.5. The third-order valence-corrected chi connectivity index (χ3v) is 8.89. The van der Waals surface area contributed by atoms with Gasteiger partial charge >= 0.3 is 24.3 Å². The number of rotatable bonds is 7. The SMILES string of the molecule is Cc1cccc(-c2cccc(CP(=O)(Cc3cccc(-c4cccc(C)n4)n3)c3ccccc3)n2)n1.F[B-](F)(F)F.[Cu+]. The van der Waals surface area contributed by atoms with Gasteiger partial charge in [-0.25, -0.2) is 0 Å². The van der Waals surface area contributed by atoms with Gasteiger partial charge in [0.05, 0.1) is 22.8 Å². The second-order valence-corrected chi connectivity index (χ2v) is 12.3. The second kappa shape index (κ2) is 14.5. The van der Waals surface area contributed by atoms with E-state index in [1.165, 1.54) is 0 Å². The maximum Gasteiger partial charge on any atom is 1.00 e. The predicted octanol–water partition coefficient (Wildman–Crippen LogP) is 7.90. The molecule has 0 spiro atoms. The third-order valence-electron chi connectivity index (χ3n) is 5.98. The van der Waals surface area contributed by atoms with Gasteiger partial charge in [0.1, 0.15) is 7.14 Å². The van der Waals surface area contributed by atoms with E-state index >= 15 is 0 Å². The van der Waals surface area contributed by atoms with Crippen molar-refractivity contribution in [2.24, 2.45) is 0 Å². The first-order valence-electron chi connectivity index (χ1n) is 12.8. The molecule has 0 atom stereocenters. The van der Waals surface area contributed by atoms with Gasteiger partial charge in [-0.3, -0.25) is 19.9 Å². The molecule has 0 N–H and O–H groups in total. The van der Waals surface area contributed by atoms with Crippen molar-refractivity contribution in [3.05, 3.63) is 126 Å². The van der Waals surface area contributed by atoms with Crippen molar-refractivity contribution in [1.82, 2.24) is 19.9 Å². The van der Waals surface area contributed by atoms with E-state index < -0.39 is 14.4 Å². The Labute approximate surface area is 252 Å². The fourth-order valence-electron chi connectivity index (χ4n) is 4.25. The molecule has 0 bridgehead atoms. The summed E-state index contributed by atoms with van der Waals surface area (Å²) >= 11 is 0. The summed E-state index contributed by atoms with van der Waals surface area (Å²) in [6.07, 6.45) is 0.677. The number of aromatic nitrogens is 4. The number of hydrogen-bond acceptors (Lipinski definition) is 5. The molecule has 0 aliphatic carbocycles. The van der Waals surface area contributed by atoms with Crippen LogP contribution < -0.4 is 5.30 Å². The molecule has 0 aliphatic heterocycles. The molecule has 1 aromatic carbocycles. The number of halogens is 4. The first kappa shape index (κ1) is 32.9. The van der Waals surface area contributed by atoms with E-state index in [2.05, 4.69) is 9.97 Å². The molecule has 5 aromatic rings. The molecule has 0 fully saturated rings. The van der Waals surface area contributed by atoms with Gasteiger partial charge in [0.25, 0.3) is 0 Å². The van der Waals surface area contributed by atoms with Crippen LogP contribution in [0.1, 0.15) is 22.8 Å². The van der Waals surface area contributed by atoms with E-state index in [1.54, 1.807) is 0 Å². The van der Waals surface area contributed by atoms with E-state index in [1.807, 2.05) is 117 Å². The average Bonchev–Trinajstić information content (AvgIpc) is 2.93. The molecule has 0 unspecified atom stereocenters. The van der Waals surface area contributed by atoms with Crippen LogP contribution in [0.3, 0.4) is 0 Å². The van der Waals surface area contributed by atoms with E-state index in [4.69, 9.17) is 9.97 Å². The summed E-state index contributed by atoms with van der Waals surface area (Å²) in [5.74, 6) is 0. The molecule has 0 radical (unpaired) electrons. The topological polar surface area (TPSA) is 68.6 Å². The van der Waals surface area contributed by atoms with Gasteiger partial charge in [-0.15, -0.1) is 0 Å². The molecule has 5 rings (SSSR count). The van der Waals surface area contributed by atoms with Crippen molar-refractivity contribution in [2.75, 3.05) is 0 Å². The molecule has 42 heavy (non-hydrogen) atoms. The second-order valence-electron chi connectivity index (χ2n) is 9.39. The number of pyridine rings is 4. The van der Waals surface area contributed by atoms with Gasteiger partial charge in [0.2, 0.25) is 0 Å². The summed E-state index contributed by atoms with van der Waals surface area (Å²) < 4.78 is 53.6. The molecular formula is C30H27BCuF4N4OP. The minimum absolute atomic E-state index is 0. The quantitative estimate of drug-likeness (QED) is 0.103. The molecule has 0 saturated heterocycles. The van der Waals surface area contributed by atoms with Gasteiger partial charge in [-0.1, -0.05) is 54.6 Å². The van der Waals surface area contributed by atoms with Crippen LogP contribution in [0.15, 0.2) is 103 Å². The first-order valence-corrected chi connectivity index (χ1v) is 14.9. The molecule has 0 saturated carbocycles. The molecular weight excluding hydrogens is 614 g/mol. The van der Waals surface area contributed by atoms with Crippen LogP contribution >= 0.6 is 7.14 Å². The van der Waals surface area contributed by atoms with Crippen LogP contribution in [0.25, 0.3) is 22.8 Å². The Balaban J connectivity index is 0.000000745. The minimum atomic E-state index is -6.00. The van der Waals surface area contributed by atoms with Gasteiger partial charge < -0.3 is 21.8 Å². The average molecular weight is 641 g/mol. The van der Waals surface area contributed by atoms with Gasteiger partial charge in [0, 0.05) is 40.4 Å². The Morgan fingerprint density at radius 3 is 1.29 bits per heavy atom. The molecule has 0 amide bonds. The maximum absolute atomic E-state index is 14.6. The van der Waals surface area contributed by atoms with E-state index in [0.717, 1.165) is 50.9 Å². The van der Waals surface area contributed by atoms with Crippen molar-refractivity contribution in [3.8, 4) is 22.8 Å². The van der Waals surface area contributed by atoms with Gasteiger partial charge in [0.15, 0.2) is 0 Å². The largest absolute Gasteiger partial charge is 1.00 e. The fraction of sp³-hybridized carbons (Fsp3) is 0.133. The molecule has 0 aliphatic rings. The zero-order valence-corrected chi connectivity index (χ0v) is 24.6. The van der Waals surface area contributed by atoms with Crippen molar-refractivity contribution in [3.63, 3.8) is 0 Å². The fourth-order valence-corrected chi connectivity index (χ4v) is 6.84. The molecule has 5 nitrogen and oxygen atoms in total. The van der Waals surface area contributed by atoms with Gasteiger partial charge in [-0.2, -0.15) is 0 Å². The summed E-state index contributed by atoms with van der Waals surface area (Å²) in [5, 5.41) is 0.826. The minimum Gasteiger partial charge on any atom is -0.418 e. The number of nitrogens with zero attached hydrogens (tertiary/aromatic N) is 4. The van der Waals surface area contributed by atoms with Crippen molar-refractivity contribution >= 4 is 19.7 Å². The van der Waals surface area contributed by atoms with Crippen molar-refractivity contribution in [2.45, 2.75) is 26.2 Å². The number of aryl methyl sites for hydroxylation is 2. The Kier molecular flexibility index (Phi) is 11.3. The summed E-state index contributed by atoms with van der Waals surface area (Å²) in [4.78, 5) is 18.9. The summed E-state index contributed by atoms with van der Waals surface area (Å²) in [6, 6.07) is 33.2. The maximum atomic E-state index is 14.6. The Morgan fingerprint density at radius 1 is 0.548 bits per heavy atom. The Morgan fingerprint density at radius 2 is 0.905 bits per heavy atom. The van der Waals surface area contributed by atoms with E-state index in [9.17, 15) is 21.8 Å². The third kappa shape index (κ3) is 9.73. The van der Waals surface area contributed by atoms with Gasteiger partial charge in [-0.05, 0) is 62.4 Å². The zero-order chi connectivity index (χ0) is 29.5. The number of benzene rings is 1. The predicted molar refractivity (Wildman–Crippen MR) is 156 cm³/mol. The van der Waals surface area contributed by atoms with E-state index in [-0.39, 0.29) is 17.1 Å². The van der Waals surface area contributed by atoms with Crippen LogP contribution in [0.5, 0.6) is 0 Å². The normalized spacial score (nSPS) is 11.2. The standard InChI is InChI=1S/C30H27N4OP.BF4.Cu/c1-22-10-6-16-27(31-22)29-18-8-12-24(33-29)20-36(35,26-14-4-3-5-15-26)21-25-13-9-19-30(34-25)28-17-7-11-23(2)32-28;2-1(3,4)5;/h3-19H,20-21H2,1-2H3;;/q;-1;+1. The van der Waals surface area contributed by atoms with Crippen LogP contribution in [0.4, 0.5) is 17.3 Å². The Hall–Kier alpha value is -3.65. The molecule has 220 valence electrons. The monoisotopic (exact) mass is 640 g/mol. The molecule has 12 heteroatoms. The Bertz CT molecular complexity index is 1570. The van der Waals surface area contributed by atoms with E-state index in [0.29, 0.717) is 12.3 Å². The summed E-state index contributed by atoms with van der Waals surface area (Å²) in [7, 11) is -8.92. The van der Waals surface area contributed by atoms with Crippen LogP contribution in [-0.4, -0.2) is 27.2 Å². The van der Waals surface area contributed by atoms with Crippen LogP contribution in [0, 0.1) is 13.8 Å². The smallest absolute Gasteiger partial charge is 0.418 e. The van der Waals surface area contributed by atoms with Crippen LogP contribution in [-0.2, 0) is 34.0 Å². The van der Waals surface area contributed by atoms with Crippen LogP contribution in [0.2, 0.25) is 0 Å². The molecule has 4 heterocycles. The number of hydrogen-bond donors (Lipinski definition) is 0. The summed E-state index contributed by atoms with van der Waals surface area (Å²) in [5.41, 5.74) is 6.60. The summed E-state index contributed by atoms with van der Waals surface area (Å²) in [6.45, 7) is 3.93.